The van der Waals surface area contributed by atoms with Gasteiger partial charge in [-0.3, -0.25) is 4.79 Å². The van der Waals surface area contributed by atoms with Gasteiger partial charge in [0.15, 0.2) is 0 Å². The molecule has 0 radical (unpaired) electrons. The fourth-order valence-corrected chi connectivity index (χ4v) is 2.53. The summed E-state index contributed by atoms with van der Waals surface area (Å²) in [6, 6.07) is 0. The highest BCUT2D eigenvalue weighted by molar-refractivity contribution is 5.94. The molecule has 0 heterocycles. The molecule has 0 spiro atoms. The van der Waals surface area contributed by atoms with E-state index in [2.05, 4.69) is 0 Å². The fraction of sp³-hybridized carbons (Fsp3) is 0.875. The smallest absolute Gasteiger partial charge is 0.417 e. The topological polar surface area (TPSA) is 46.6 Å². The number of imide groups is 1. The highest BCUT2D eigenvalue weighted by Crippen LogP contribution is 2.29. The van der Waals surface area contributed by atoms with Crippen molar-refractivity contribution in [2.45, 2.75) is 84.8 Å². The Kier molecular flexibility index (Phi) is 5.22. The molecule has 0 unspecified atom stereocenters. The average molecular weight is 283 g/mol. The molecule has 1 aliphatic carbocycles. The molecule has 116 valence electrons. The zero-order chi connectivity index (χ0) is 15.6. The standard InChI is InChI=1S/C16H29NO3/c1-15(2,3)17(14(19)20-16(4,5)6)13(18)12-10-8-7-9-11-12/h12H,7-11H2,1-6H3. The quantitative estimate of drug-likeness (QED) is 0.727. The summed E-state index contributed by atoms with van der Waals surface area (Å²) in [7, 11) is 0. The molecule has 0 aromatic carbocycles. The van der Waals surface area contributed by atoms with Crippen molar-refractivity contribution in [3.8, 4) is 0 Å². The minimum Gasteiger partial charge on any atom is -0.443 e. The average Bonchev–Trinajstić information content (AvgIpc) is 2.25. The summed E-state index contributed by atoms with van der Waals surface area (Å²) < 4.78 is 5.40. The van der Waals surface area contributed by atoms with E-state index in [0.29, 0.717) is 0 Å². The van der Waals surface area contributed by atoms with E-state index in [-0.39, 0.29) is 11.8 Å². The monoisotopic (exact) mass is 283 g/mol. The highest BCUT2D eigenvalue weighted by Gasteiger charge is 2.39. The van der Waals surface area contributed by atoms with Crippen LogP contribution in [-0.4, -0.2) is 28.0 Å². The van der Waals surface area contributed by atoms with Crippen LogP contribution in [0.15, 0.2) is 0 Å². The Balaban J connectivity index is 2.89. The number of carbonyl (C=O) groups is 2. The molecule has 0 saturated heterocycles. The largest absolute Gasteiger partial charge is 0.443 e. The molecule has 1 saturated carbocycles. The van der Waals surface area contributed by atoms with Gasteiger partial charge in [-0.15, -0.1) is 0 Å². The molecule has 0 aromatic heterocycles. The maximum Gasteiger partial charge on any atom is 0.417 e. The van der Waals surface area contributed by atoms with Crippen LogP contribution in [0.2, 0.25) is 0 Å². The molecule has 2 amide bonds. The van der Waals surface area contributed by atoms with Crippen molar-refractivity contribution in [3.63, 3.8) is 0 Å². The van der Waals surface area contributed by atoms with Gasteiger partial charge in [-0.05, 0) is 54.4 Å². The molecule has 0 aliphatic heterocycles. The van der Waals surface area contributed by atoms with Crippen molar-refractivity contribution in [1.29, 1.82) is 0 Å². The van der Waals surface area contributed by atoms with Gasteiger partial charge in [0.05, 0.1) is 0 Å². The van der Waals surface area contributed by atoms with E-state index in [9.17, 15) is 9.59 Å². The zero-order valence-electron chi connectivity index (χ0n) is 13.8. The second-order valence-corrected chi connectivity index (χ2v) is 7.66. The minimum absolute atomic E-state index is 0.0320. The van der Waals surface area contributed by atoms with Crippen LogP contribution in [0.3, 0.4) is 0 Å². The number of hydrogen-bond donors (Lipinski definition) is 0. The third kappa shape index (κ3) is 4.80. The molecule has 0 N–H and O–H groups in total. The fourth-order valence-electron chi connectivity index (χ4n) is 2.53. The van der Waals surface area contributed by atoms with Crippen molar-refractivity contribution < 1.29 is 14.3 Å². The van der Waals surface area contributed by atoms with Crippen molar-refractivity contribution in [2.24, 2.45) is 5.92 Å². The molecular formula is C16H29NO3. The van der Waals surface area contributed by atoms with Crippen molar-refractivity contribution in [2.75, 3.05) is 0 Å². The summed E-state index contributed by atoms with van der Waals surface area (Å²) in [5, 5.41) is 0. The SMILES string of the molecule is CC(C)(C)OC(=O)N(C(=O)C1CCCCC1)C(C)(C)C. The van der Waals surface area contributed by atoms with Crippen molar-refractivity contribution in [3.05, 3.63) is 0 Å². The van der Waals surface area contributed by atoms with Crippen LogP contribution in [0.5, 0.6) is 0 Å². The van der Waals surface area contributed by atoms with Crippen LogP contribution in [0.4, 0.5) is 4.79 Å². The van der Waals surface area contributed by atoms with Crippen LogP contribution in [0.1, 0.15) is 73.6 Å². The third-order valence-corrected chi connectivity index (χ3v) is 3.42. The molecule has 4 nitrogen and oxygen atoms in total. The molecule has 20 heavy (non-hydrogen) atoms. The highest BCUT2D eigenvalue weighted by atomic mass is 16.6. The Morgan fingerprint density at radius 3 is 1.85 bits per heavy atom. The number of nitrogens with zero attached hydrogens (tertiary/aromatic N) is 1. The second kappa shape index (κ2) is 6.15. The van der Waals surface area contributed by atoms with Gasteiger partial charge in [-0.1, -0.05) is 19.3 Å². The molecule has 1 rings (SSSR count). The Morgan fingerprint density at radius 1 is 0.950 bits per heavy atom. The number of amides is 2. The van der Waals surface area contributed by atoms with E-state index < -0.39 is 17.2 Å². The van der Waals surface area contributed by atoms with Gasteiger partial charge in [0.2, 0.25) is 5.91 Å². The summed E-state index contributed by atoms with van der Waals surface area (Å²) in [4.78, 5) is 26.4. The molecule has 4 heteroatoms. The Morgan fingerprint density at radius 2 is 1.45 bits per heavy atom. The van der Waals surface area contributed by atoms with Gasteiger partial charge in [-0.25, -0.2) is 9.69 Å². The number of hydrogen-bond acceptors (Lipinski definition) is 3. The first-order valence-electron chi connectivity index (χ1n) is 7.59. The Labute approximate surface area is 122 Å². The van der Waals surface area contributed by atoms with Gasteiger partial charge < -0.3 is 4.74 Å². The summed E-state index contributed by atoms with van der Waals surface area (Å²) in [5.74, 6) is -0.109. The first-order valence-corrected chi connectivity index (χ1v) is 7.59. The Bertz CT molecular complexity index is 357. The molecule has 0 aromatic rings. The Hall–Kier alpha value is -1.06. The van der Waals surface area contributed by atoms with E-state index in [0.717, 1.165) is 25.7 Å². The van der Waals surface area contributed by atoms with E-state index in [1.807, 2.05) is 41.5 Å². The summed E-state index contributed by atoms with van der Waals surface area (Å²) in [5.41, 5.74) is -1.15. The second-order valence-electron chi connectivity index (χ2n) is 7.66. The van der Waals surface area contributed by atoms with Crippen LogP contribution in [0, 0.1) is 5.92 Å². The van der Waals surface area contributed by atoms with Gasteiger partial charge in [0.1, 0.15) is 5.60 Å². The van der Waals surface area contributed by atoms with Crippen molar-refractivity contribution >= 4 is 12.0 Å². The zero-order valence-corrected chi connectivity index (χ0v) is 13.8. The van der Waals surface area contributed by atoms with Gasteiger partial charge in [0.25, 0.3) is 0 Å². The summed E-state index contributed by atoms with van der Waals surface area (Å²) in [6.07, 6.45) is 4.57. The van der Waals surface area contributed by atoms with E-state index in [1.54, 1.807) is 0 Å². The van der Waals surface area contributed by atoms with E-state index in [1.165, 1.54) is 11.3 Å². The first kappa shape index (κ1) is 17.0. The molecular weight excluding hydrogens is 254 g/mol. The maximum absolute atomic E-state index is 12.7. The lowest BCUT2D eigenvalue weighted by Gasteiger charge is -2.37. The number of ether oxygens (including phenoxy) is 1. The molecule has 0 bridgehead atoms. The van der Waals surface area contributed by atoms with Gasteiger partial charge >= 0.3 is 6.09 Å². The van der Waals surface area contributed by atoms with E-state index >= 15 is 0 Å². The van der Waals surface area contributed by atoms with Gasteiger partial charge in [0, 0.05) is 11.5 Å². The lowest BCUT2D eigenvalue weighted by molar-refractivity contribution is -0.140. The van der Waals surface area contributed by atoms with Crippen molar-refractivity contribution in [1.82, 2.24) is 4.90 Å². The van der Waals surface area contributed by atoms with Crippen LogP contribution >= 0.6 is 0 Å². The van der Waals surface area contributed by atoms with Gasteiger partial charge in [-0.2, -0.15) is 0 Å². The third-order valence-electron chi connectivity index (χ3n) is 3.42. The first-order chi connectivity index (χ1) is 9.02. The molecule has 1 aliphatic rings. The minimum atomic E-state index is -0.590. The van der Waals surface area contributed by atoms with Crippen LogP contribution in [0.25, 0.3) is 0 Å². The summed E-state index contributed by atoms with van der Waals surface area (Å²) in [6.45, 7) is 11.1. The normalized spacial score (nSPS) is 17.7. The van der Waals surface area contributed by atoms with Crippen LogP contribution in [-0.2, 0) is 9.53 Å². The number of carbonyl (C=O) groups excluding carboxylic acids is 2. The predicted octanol–water partition coefficient (Wildman–Crippen LogP) is 4.13. The lowest BCUT2D eigenvalue weighted by Crippen LogP contribution is -2.53. The maximum atomic E-state index is 12.7. The number of rotatable bonds is 1. The lowest BCUT2D eigenvalue weighted by atomic mass is 9.87. The molecule has 1 fully saturated rings. The van der Waals surface area contributed by atoms with Crippen LogP contribution < -0.4 is 0 Å². The predicted molar refractivity (Wildman–Crippen MR) is 79.4 cm³/mol. The van der Waals surface area contributed by atoms with E-state index in [4.69, 9.17) is 4.74 Å². The molecule has 0 atom stereocenters. The summed E-state index contributed by atoms with van der Waals surface area (Å²) >= 11 is 0.